The van der Waals surface area contributed by atoms with E-state index in [2.05, 4.69) is 149 Å². The number of rotatable bonds is 5. The summed E-state index contributed by atoms with van der Waals surface area (Å²) in [5.41, 5.74) is 7.07. The summed E-state index contributed by atoms with van der Waals surface area (Å²) in [6.07, 6.45) is 2.13. The van der Waals surface area contributed by atoms with E-state index < -0.39 is 0 Å². The van der Waals surface area contributed by atoms with Crippen molar-refractivity contribution < 1.29 is 8.83 Å². The third kappa shape index (κ3) is 4.35. The molecular formula is C48H28N2O2S2. The number of benzene rings is 6. The molecule has 1 N–H and O–H groups in total. The number of aromatic nitrogens is 2. The van der Waals surface area contributed by atoms with E-state index in [-0.39, 0.29) is 0 Å². The van der Waals surface area contributed by atoms with Gasteiger partial charge in [0, 0.05) is 59.7 Å². The van der Waals surface area contributed by atoms with Crippen molar-refractivity contribution >= 4 is 87.1 Å². The molecule has 4 nitrogen and oxygen atoms in total. The minimum Gasteiger partial charge on any atom is -0.454 e. The number of aromatic amines is 1. The zero-order valence-electron chi connectivity index (χ0n) is 28.7. The first-order chi connectivity index (χ1) is 26.8. The Bertz CT molecular complexity index is 3320. The number of fused-ring (bicyclic) bond motifs is 6. The predicted octanol–water partition coefficient (Wildman–Crippen LogP) is 14.7. The Morgan fingerprint density at radius 2 is 1.20 bits per heavy atom. The van der Waals surface area contributed by atoms with E-state index in [4.69, 9.17) is 8.83 Å². The average Bonchev–Trinajstić information content (AvgIpc) is 4.07. The van der Waals surface area contributed by atoms with Gasteiger partial charge in [-0.1, -0.05) is 115 Å². The van der Waals surface area contributed by atoms with Gasteiger partial charge >= 0.3 is 0 Å². The summed E-state index contributed by atoms with van der Waals surface area (Å²) in [5.74, 6) is 1.53. The first-order valence-corrected chi connectivity index (χ1v) is 19.6. The molecule has 6 heteroatoms. The van der Waals surface area contributed by atoms with Crippen molar-refractivity contribution in [2.24, 2.45) is 0 Å². The molecule has 0 aliphatic heterocycles. The molecule has 0 saturated carbocycles. The number of para-hydroxylation sites is 3. The smallest absolute Gasteiger partial charge is 0.205 e. The molecule has 0 spiro atoms. The Morgan fingerprint density at radius 3 is 2.02 bits per heavy atom. The van der Waals surface area contributed by atoms with Crippen LogP contribution in [0.1, 0.15) is 0 Å². The lowest BCUT2D eigenvalue weighted by molar-refractivity contribution is 0.580. The number of furan rings is 2. The van der Waals surface area contributed by atoms with Crippen LogP contribution in [0, 0.1) is 0 Å². The van der Waals surface area contributed by atoms with Gasteiger partial charge in [-0.25, -0.2) is 0 Å². The summed E-state index contributed by atoms with van der Waals surface area (Å²) < 4.78 is 17.0. The minimum absolute atomic E-state index is 0.744. The summed E-state index contributed by atoms with van der Waals surface area (Å²) in [5, 5.41) is 9.35. The molecule has 0 amide bonds. The molecule has 0 unspecified atom stereocenters. The maximum absolute atomic E-state index is 6.80. The molecule has 54 heavy (non-hydrogen) atoms. The Kier molecular flexibility index (Phi) is 6.34. The van der Waals surface area contributed by atoms with Crippen LogP contribution in [0.2, 0.25) is 0 Å². The standard InChI is InChI=1S/C48H28N2O2S2/c1-5-16-32-31(15-1)27-49-45(32)48-44-34(18-11-19-35(44)47(54-48)41-25-30-14-4-10-23-40(30)53-41)43-33-17-6-7-20-36(33)50(42-26-29-13-3-9-22-38(29)52-42)46(43)39-24-28-12-2-8-21-37(28)51-39/h1-27,49H. The lowest BCUT2D eigenvalue weighted by Crippen LogP contribution is -1.95. The molecule has 0 fully saturated rings. The fourth-order valence-corrected chi connectivity index (χ4v) is 10.8. The van der Waals surface area contributed by atoms with E-state index in [1.54, 1.807) is 0 Å². The number of nitrogens with zero attached hydrogens (tertiary/aromatic N) is 1. The molecule has 12 aromatic rings. The summed E-state index contributed by atoms with van der Waals surface area (Å²) in [6.45, 7) is 0. The van der Waals surface area contributed by atoms with Gasteiger partial charge < -0.3 is 13.8 Å². The molecule has 0 bridgehead atoms. The van der Waals surface area contributed by atoms with Crippen LogP contribution in [0.4, 0.5) is 0 Å². The first-order valence-electron chi connectivity index (χ1n) is 18.0. The van der Waals surface area contributed by atoms with Crippen LogP contribution in [-0.2, 0) is 0 Å². The predicted molar refractivity (Wildman–Crippen MR) is 227 cm³/mol. The van der Waals surface area contributed by atoms with Gasteiger partial charge in [0.25, 0.3) is 0 Å². The van der Waals surface area contributed by atoms with Crippen molar-refractivity contribution in [3.05, 3.63) is 164 Å². The van der Waals surface area contributed by atoms with Gasteiger partial charge in [-0.15, -0.1) is 22.7 Å². The SMILES string of the molecule is c1ccc2oc(-c3c(-c4cccc5c(-c6cc7ccccc7s6)sc(-c6[nH]cc7ccccc67)c45)c4ccccc4n3-c3cc4ccccc4o3)cc2c1. The van der Waals surface area contributed by atoms with Crippen molar-refractivity contribution in [1.29, 1.82) is 0 Å². The highest BCUT2D eigenvalue weighted by molar-refractivity contribution is 7.28. The van der Waals surface area contributed by atoms with Gasteiger partial charge in [0.1, 0.15) is 16.9 Å². The normalized spacial score (nSPS) is 12.1. The van der Waals surface area contributed by atoms with Gasteiger partial charge in [-0.3, -0.25) is 4.57 Å². The van der Waals surface area contributed by atoms with Crippen molar-refractivity contribution in [2.75, 3.05) is 0 Å². The molecule has 254 valence electrons. The molecule has 0 aliphatic rings. The largest absolute Gasteiger partial charge is 0.454 e. The highest BCUT2D eigenvalue weighted by Crippen LogP contribution is 2.54. The lowest BCUT2D eigenvalue weighted by Gasteiger charge is -2.11. The minimum atomic E-state index is 0.744. The van der Waals surface area contributed by atoms with E-state index in [0.717, 1.165) is 67.0 Å². The van der Waals surface area contributed by atoms with Crippen molar-refractivity contribution in [3.8, 4) is 48.8 Å². The average molecular weight is 729 g/mol. The second-order valence-corrected chi connectivity index (χ2v) is 15.8. The molecular weight excluding hydrogens is 701 g/mol. The van der Waals surface area contributed by atoms with Crippen molar-refractivity contribution in [2.45, 2.75) is 0 Å². The Morgan fingerprint density at radius 1 is 0.519 bits per heavy atom. The number of hydrogen-bond acceptors (Lipinski definition) is 4. The molecule has 0 aliphatic carbocycles. The molecule has 6 aromatic heterocycles. The maximum Gasteiger partial charge on any atom is 0.205 e. The zero-order chi connectivity index (χ0) is 35.3. The van der Waals surface area contributed by atoms with Gasteiger partial charge in [-0.2, -0.15) is 0 Å². The molecule has 0 saturated heterocycles. The van der Waals surface area contributed by atoms with Crippen LogP contribution >= 0.6 is 22.7 Å². The highest BCUT2D eigenvalue weighted by atomic mass is 32.1. The molecule has 0 atom stereocenters. The number of H-pyrrole nitrogens is 1. The van der Waals surface area contributed by atoms with Gasteiger partial charge in [0.2, 0.25) is 5.88 Å². The summed E-state index contributed by atoms with van der Waals surface area (Å²) >= 11 is 3.73. The maximum atomic E-state index is 6.80. The highest BCUT2D eigenvalue weighted by Gasteiger charge is 2.29. The van der Waals surface area contributed by atoms with Crippen LogP contribution in [0.5, 0.6) is 0 Å². The van der Waals surface area contributed by atoms with Crippen molar-refractivity contribution in [1.82, 2.24) is 9.55 Å². The van der Waals surface area contributed by atoms with E-state index in [9.17, 15) is 0 Å². The third-order valence-electron chi connectivity index (χ3n) is 10.7. The second kappa shape index (κ2) is 11.4. The fourth-order valence-electron chi connectivity index (χ4n) is 8.27. The number of nitrogens with one attached hydrogen (secondary N) is 1. The Hall–Kier alpha value is -6.60. The van der Waals surface area contributed by atoms with Crippen LogP contribution < -0.4 is 0 Å². The van der Waals surface area contributed by atoms with Crippen molar-refractivity contribution in [3.63, 3.8) is 0 Å². The van der Waals surface area contributed by atoms with Gasteiger partial charge in [-0.05, 0) is 52.7 Å². The zero-order valence-corrected chi connectivity index (χ0v) is 30.3. The van der Waals surface area contributed by atoms with E-state index >= 15 is 0 Å². The molecule has 0 radical (unpaired) electrons. The van der Waals surface area contributed by atoms with Crippen LogP contribution in [0.15, 0.2) is 173 Å². The Balaban J connectivity index is 1.24. The molecule has 12 rings (SSSR count). The topological polar surface area (TPSA) is 47.0 Å². The van der Waals surface area contributed by atoms with E-state index in [1.165, 1.54) is 46.3 Å². The Labute approximate surface area is 316 Å². The summed E-state index contributed by atoms with van der Waals surface area (Å²) in [4.78, 5) is 7.47. The molecule has 6 heterocycles. The summed E-state index contributed by atoms with van der Waals surface area (Å²) in [7, 11) is 0. The van der Waals surface area contributed by atoms with Gasteiger partial charge in [0.05, 0.1) is 21.0 Å². The quantitative estimate of drug-likeness (QED) is 0.192. The monoisotopic (exact) mass is 728 g/mol. The fraction of sp³-hybridized carbons (Fsp3) is 0. The number of thiophene rings is 2. The van der Waals surface area contributed by atoms with E-state index in [1.807, 2.05) is 46.9 Å². The van der Waals surface area contributed by atoms with Crippen LogP contribution in [0.25, 0.3) is 113 Å². The van der Waals surface area contributed by atoms with E-state index in [0.29, 0.717) is 0 Å². The summed E-state index contributed by atoms with van der Waals surface area (Å²) in [6, 6.07) is 55.9. The number of hydrogen-bond donors (Lipinski definition) is 1. The first kappa shape index (κ1) is 29.9. The molecule has 6 aromatic carbocycles. The van der Waals surface area contributed by atoms with Crippen LogP contribution in [-0.4, -0.2) is 9.55 Å². The third-order valence-corrected chi connectivity index (χ3v) is 13.2. The second-order valence-electron chi connectivity index (χ2n) is 13.7. The van der Waals surface area contributed by atoms with Crippen LogP contribution in [0.3, 0.4) is 0 Å². The lowest BCUT2D eigenvalue weighted by atomic mass is 9.94. The van der Waals surface area contributed by atoms with Gasteiger partial charge in [0.15, 0.2) is 5.76 Å².